The van der Waals surface area contributed by atoms with Crippen LogP contribution in [0.4, 0.5) is 0 Å². The number of rotatable bonds is 9. The van der Waals surface area contributed by atoms with Crippen LogP contribution < -0.4 is 5.32 Å². The molecule has 2 saturated heterocycles. The van der Waals surface area contributed by atoms with Crippen molar-refractivity contribution in [1.82, 2.24) is 20.1 Å². The third-order valence-electron chi connectivity index (χ3n) is 8.50. The molecule has 3 heterocycles. The molecule has 0 bridgehead atoms. The molecule has 3 aromatic carbocycles. The summed E-state index contributed by atoms with van der Waals surface area (Å²) in [4.78, 5) is 36.1. The first-order valence-corrected chi connectivity index (χ1v) is 15.2. The Morgan fingerprint density at radius 3 is 2.50 bits per heavy atom. The highest BCUT2D eigenvalue weighted by molar-refractivity contribution is 6.31. The summed E-state index contributed by atoms with van der Waals surface area (Å²) in [6, 6.07) is 22.3. The fourth-order valence-electron chi connectivity index (χ4n) is 6.41. The number of fused-ring (bicyclic) bond motifs is 1. The number of H-pyrrole nitrogens is 1. The van der Waals surface area contributed by atoms with Crippen LogP contribution in [0, 0.1) is 0 Å². The summed E-state index contributed by atoms with van der Waals surface area (Å²) in [5.41, 5.74) is 2.36. The van der Waals surface area contributed by atoms with Gasteiger partial charge in [0.25, 0.3) is 0 Å². The van der Waals surface area contributed by atoms with Gasteiger partial charge in [0.2, 0.25) is 11.8 Å². The number of halogens is 2. The number of aromatic nitrogens is 1. The van der Waals surface area contributed by atoms with Crippen LogP contribution in [0.15, 0.2) is 79.0 Å². The van der Waals surface area contributed by atoms with Gasteiger partial charge < -0.3 is 19.9 Å². The van der Waals surface area contributed by atoms with Gasteiger partial charge >= 0.3 is 0 Å². The number of morpholine rings is 1. The van der Waals surface area contributed by atoms with Gasteiger partial charge in [-0.3, -0.25) is 14.5 Å². The average molecular weight is 606 g/mol. The number of benzene rings is 3. The molecule has 1 aromatic heterocycles. The molecule has 42 heavy (non-hydrogen) atoms. The molecule has 0 radical (unpaired) electrons. The topological polar surface area (TPSA) is 77.7 Å². The van der Waals surface area contributed by atoms with E-state index in [1.54, 1.807) is 0 Å². The highest BCUT2D eigenvalue weighted by Gasteiger charge is 2.58. The van der Waals surface area contributed by atoms with E-state index >= 15 is 0 Å². The molecule has 0 aliphatic carbocycles. The van der Waals surface area contributed by atoms with Gasteiger partial charge in [-0.05, 0) is 48.4 Å². The lowest BCUT2D eigenvalue weighted by Gasteiger charge is -2.37. The van der Waals surface area contributed by atoms with Gasteiger partial charge in [-0.25, -0.2) is 0 Å². The van der Waals surface area contributed by atoms with E-state index in [1.165, 1.54) is 0 Å². The summed E-state index contributed by atoms with van der Waals surface area (Å²) < 4.78 is 5.46. The number of likely N-dealkylation sites (tertiary alicyclic amines) is 1. The second kappa shape index (κ2) is 12.5. The Balaban J connectivity index is 1.40. The van der Waals surface area contributed by atoms with Crippen molar-refractivity contribution in [3.8, 4) is 0 Å². The third kappa shape index (κ3) is 5.66. The van der Waals surface area contributed by atoms with Crippen LogP contribution in [0.2, 0.25) is 10.0 Å². The Labute approximate surface area is 255 Å². The minimum absolute atomic E-state index is 0.0603. The fraction of sp³-hybridized carbons (Fsp3) is 0.333. The summed E-state index contributed by atoms with van der Waals surface area (Å²) in [7, 11) is 0. The largest absolute Gasteiger partial charge is 0.379 e. The number of carbonyl (C=O) groups excluding carboxylic acids is 2. The molecule has 6 rings (SSSR count). The average Bonchev–Trinajstić information content (AvgIpc) is 3.55. The van der Waals surface area contributed by atoms with Crippen LogP contribution in [0.5, 0.6) is 0 Å². The van der Waals surface area contributed by atoms with Gasteiger partial charge in [0.15, 0.2) is 0 Å². The number of carbonyl (C=O) groups is 2. The Hall–Kier alpha value is -3.36. The van der Waals surface area contributed by atoms with Gasteiger partial charge in [0.1, 0.15) is 5.41 Å². The normalized spacial score (nSPS) is 21.2. The van der Waals surface area contributed by atoms with Crippen molar-refractivity contribution in [2.45, 2.75) is 30.8 Å². The minimum Gasteiger partial charge on any atom is -0.379 e. The molecule has 0 spiro atoms. The number of nitrogens with zero attached hydrogens (tertiary/aromatic N) is 2. The van der Waals surface area contributed by atoms with Crippen LogP contribution >= 0.6 is 23.2 Å². The number of amides is 2. The number of ether oxygens (including phenoxy) is 1. The van der Waals surface area contributed by atoms with Crippen molar-refractivity contribution in [1.29, 1.82) is 0 Å². The zero-order valence-corrected chi connectivity index (χ0v) is 24.8. The molecule has 2 amide bonds. The molecule has 2 fully saturated rings. The van der Waals surface area contributed by atoms with Crippen molar-refractivity contribution >= 4 is 45.9 Å². The highest BCUT2D eigenvalue weighted by Crippen LogP contribution is 2.52. The van der Waals surface area contributed by atoms with Crippen molar-refractivity contribution in [3.63, 3.8) is 0 Å². The smallest absolute Gasteiger partial charge is 0.233 e. The molecule has 7 nitrogen and oxygen atoms in total. The number of aromatic amines is 1. The summed E-state index contributed by atoms with van der Waals surface area (Å²) in [5.74, 6) is -0.221. The van der Waals surface area contributed by atoms with Gasteiger partial charge in [-0.1, -0.05) is 71.7 Å². The molecule has 4 aromatic rings. The quantitative estimate of drug-likeness (QED) is 0.239. The molecule has 2 aliphatic rings. The molecule has 218 valence electrons. The molecule has 0 saturated carbocycles. The van der Waals surface area contributed by atoms with E-state index in [0.717, 1.165) is 66.9 Å². The van der Waals surface area contributed by atoms with E-state index in [4.69, 9.17) is 27.9 Å². The second-order valence-electron chi connectivity index (χ2n) is 11.1. The first-order valence-electron chi connectivity index (χ1n) is 14.4. The van der Waals surface area contributed by atoms with Crippen LogP contribution in [-0.2, 0) is 26.3 Å². The summed E-state index contributed by atoms with van der Waals surface area (Å²) in [5, 5.41) is 5.42. The Kier molecular flexibility index (Phi) is 8.54. The van der Waals surface area contributed by atoms with Crippen LogP contribution in [-0.4, -0.2) is 66.0 Å². The Morgan fingerprint density at radius 2 is 1.74 bits per heavy atom. The summed E-state index contributed by atoms with van der Waals surface area (Å²) in [6.07, 6.45) is 2.79. The maximum Gasteiger partial charge on any atom is 0.233 e. The first-order chi connectivity index (χ1) is 20.5. The molecule has 2 atom stereocenters. The zero-order chi connectivity index (χ0) is 29.1. The Bertz CT molecular complexity index is 1550. The van der Waals surface area contributed by atoms with E-state index in [0.29, 0.717) is 23.1 Å². The van der Waals surface area contributed by atoms with Gasteiger partial charge in [0, 0.05) is 65.3 Å². The predicted molar refractivity (Wildman–Crippen MR) is 166 cm³/mol. The lowest BCUT2D eigenvalue weighted by Crippen LogP contribution is -2.49. The molecule has 9 heteroatoms. The molecule has 1 unspecified atom stereocenters. The number of hydrogen-bond donors (Lipinski definition) is 2. The summed E-state index contributed by atoms with van der Waals surface area (Å²) >= 11 is 12.5. The SMILES string of the molecule is O=C1CC(C(=O)NCCCN2CCOCC2)(c2ccccc2)[C@H](c2c[nH]c3cc(Cl)ccc23)N1Cc1ccc(Cl)cc1. The van der Waals surface area contributed by atoms with E-state index in [1.807, 2.05) is 83.9 Å². The lowest BCUT2D eigenvalue weighted by molar-refractivity contribution is -0.130. The number of nitrogens with one attached hydrogen (secondary N) is 2. The van der Waals surface area contributed by atoms with Crippen molar-refractivity contribution in [2.75, 3.05) is 39.4 Å². The lowest BCUT2D eigenvalue weighted by atomic mass is 9.70. The van der Waals surface area contributed by atoms with Crippen molar-refractivity contribution < 1.29 is 14.3 Å². The second-order valence-corrected chi connectivity index (χ2v) is 11.9. The maximum absolute atomic E-state index is 14.5. The van der Waals surface area contributed by atoms with Crippen molar-refractivity contribution in [3.05, 3.63) is 106 Å². The molecular formula is C33H34Cl2N4O3. The third-order valence-corrected chi connectivity index (χ3v) is 8.99. The van der Waals surface area contributed by atoms with E-state index < -0.39 is 11.5 Å². The first kappa shape index (κ1) is 28.7. The monoisotopic (exact) mass is 604 g/mol. The zero-order valence-electron chi connectivity index (χ0n) is 23.3. The standard InChI is InChI=1S/C33H34Cl2N4O3/c34-25-9-7-23(8-10-25)22-39-30(40)20-33(24-5-2-1-3-6-24,32(41)36-13-4-14-38-15-17-42-18-16-38)31(39)28-21-37-29-19-26(35)11-12-27(28)29/h1-3,5-12,19,21,31,37H,4,13-18,20,22H2,(H,36,41)/t31-,33?/m0/s1. The van der Waals surface area contributed by atoms with Gasteiger partial charge in [-0.15, -0.1) is 0 Å². The number of hydrogen-bond acceptors (Lipinski definition) is 4. The van der Waals surface area contributed by atoms with Crippen LogP contribution in [0.3, 0.4) is 0 Å². The van der Waals surface area contributed by atoms with E-state index in [2.05, 4.69) is 15.2 Å². The maximum atomic E-state index is 14.5. The molecule has 2 N–H and O–H groups in total. The van der Waals surface area contributed by atoms with Crippen LogP contribution in [0.1, 0.15) is 35.6 Å². The Morgan fingerprint density at radius 1 is 1.00 bits per heavy atom. The van der Waals surface area contributed by atoms with E-state index in [-0.39, 0.29) is 18.2 Å². The van der Waals surface area contributed by atoms with Gasteiger partial charge in [0.05, 0.1) is 19.3 Å². The fourth-order valence-corrected chi connectivity index (χ4v) is 6.71. The highest BCUT2D eigenvalue weighted by atomic mass is 35.5. The van der Waals surface area contributed by atoms with Gasteiger partial charge in [-0.2, -0.15) is 0 Å². The van der Waals surface area contributed by atoms with Crippen molar-refractivity contribution in [2.24, 2.45) is 0 Å². The molecular weight excluding hydrogens is 571 g/mol. The molecule has 2 aliphatic heterocycles. The summed E-state index contributed by atoms with van der Waals surface area (Å²) in [6.45, 7) is 5.05. The minimum atomic E-state index is -1.14. The predicted octanol–water partition coefficient (Wildman–Crippen LogP) is 5.72. The van der Waals surface area contributed by atoms with Crippen LogP contribution in [0.25, 0.3) is 10.9 Å². The van der Waals surface area contributed by atoms with E-state index in [9.17, 15) is 9.59 Å².